The van der Waals surface area contributed by atoms with Gasteiger partial charge in [-0.15, -0.1) is 0 Å². The van der Waals surface area contributed by atoms with Crippen molar-refractivity contribution in [2.24, 2.45) is 0 Å². The summed E-state index contributed by atoms with van der Waals surface area (Å²) >= 11 is 16.3. The van der Waals surface area contributed by atoms with Crippen LogP contribution in [0.5, 0.6) is 5.75 Å². The number of hydrogen-bond acceptors (Lipinski definition) is 4. The fraction of sp³-hybridized carbons (Fsp3) is 0.0476. The van der Waals surface area contributed by atoms with Gasteiger partial charge in [0, 0.05) is 9.86 Å². The molecule has 1 aliphatic heterocycles. The highest BCUT2D eigenvalue weighted by atomic mass is 79.9. The summed E-state index contributed by atoms with van der Waals surface area (Å²) in [7, 11) is 1.65. The maximum absolute atomic E-state index is 13.0. The third kappa shape index (κ3) is 3.46. The first kappa shape index (κ1) is 19.5. The van der Waals surface area contributed by atoms with E-state index in [4.69, 9.17) is 28.6 Å². The van der Waals surface area contributed by atoms with E-state index >= 15 is 0 Å². The maximum atomic E-state index is 13.0. The predicted molar refractivity (Wildman–Crippen MR) is 125 cm³/mol. The largest absolute Gasteiger partial charge is 0.496 e. The van der Waals surface area contributed by atoms with Gasteiger partial charge in [0.15, 0.2) is 4.32 Å². The van der Waals surface area contributed by atoms with E-state index in [9.17, 15) is 4.79 Å². The number of halogens is 2. The van der Waals surface area contributed by atoms with E-state index in [2.05, 4.69) is 15.9 Å². The molecule has 1 heterocycles. The van der Waals surface area contributed by atoms with Crippen molar-refractivity contribution in [3.63, 3.8) is 0 Å². The van der Waals surface area contributed by atoms with Gasteiger partial charge in [0.05, 0.1) is 22.7 Å². The minimum atomic E-state index is -0.159. The summed E-state index contributed by atoms with van der Waals surface area (Å²) in [6.07, 6.45) is 1.88. The van der Waals surface area contributed by atoms with E-state index in [1.54, 1.807) is 19.2 Å². The Bertz CT molecular complexity index is 1160. The van der Waals surface area contributed by atoms with Crippen molar-refractivity contribution in [3.8, 4) is 5.75 Å². The number of thioether (sulfide) groups is 1. The van der Waals surface area contributed by atoms with Crippen molar-refractivity contribution in [1.82, 2.24) is 0 Å². The van der Waals surface area contributed by atoms with Gasteiger partial charge in [-0.1, -0.05) is 65.9 Å². The number of rotatable bonds is 3. The van der Waals surface area contributed by atoms with Crippen LogP contribution in [0.25, 0.3) is 16.8 Å². The van der Waals surface area contributed by atoms with E-state index in [0.717, 1.165) is 26.6 Å². The Labute approximate surface area is 185 Å². The van der Waals surface area contributed by atoms with E-state index in [0.29, 0.717) is 19.9 Å². The first-order chi connectivity index (χ1) is 13.5. The van der Waals surface area contributed by atoms with Gasteiger partial charge in [-0.2, -0.15) is 0 Å². The first-order valence-corrected chi connectivity index (χ1v) is 10.7. The lowest BCUT2D eigenvalue weighted by Gasteiger charge is -2.15. The molecule has 3 nitrogen and oxygen atoms in total. The van der Waals surface area contributed by atoms with Crippen molar-refractivity contribution < 1.29 is 9.53 Å². The van der Waals surface area contributed by atoms with Crippen LogP contribution in [0.1, 0.15) is 5.56 Å². The molecular formula is C21H13BrClNO2S2. The van der Waals surface area contributed by atoms with Gasteiger partial charge in [-0.25, -0.2) is 0 Å². The number of anilines is 1. The van der Waals surface area contributed by atoms with Crippen LogP contribution in [-0.2, 0) is 4.79 Å². The molecule has 0 saturated carbocycles. The van der Waals surface area contributed by atoms with E-state index < -0.39 is 0 Å². The molecular weight excluding hydrogens is 478 g/mol. The van der Waals surface area contributed by atoms with Gasteiger partial charge in [0.1, 0.15) is 5.75 Å². The third-order valence-corrected chi connectivity index (χ3v) is 6.91. The van der Waals surface area contributed by atoms with E-state index in [-0.39, 0.29) is 5.91 Å². The van der Waals surface area contributed by atoms with Crippen LogP contribution in [0, 0.1) is 0 Å². The lowest BCUT2D eigenvalue weighted by atomic mass is 10.0. The zero-order valence-corrected chi connectivity index (χ0v) is 18.6. The van der Waals surface area contributed by atoms with Crippen LogP contribution in [0.3, 0.4) is 0 Å². The predicted octanol–water partition coefficient (Wildman–Crippen LogP) is 6.67. The van der Waals surface area contributed by atoms with Crippen molar-refractivity contribution in [3.05, 3.63) is 74.6 Å². The molecule has 3 aromatic rings. The Balaban J connectivity index is 1.76. The molecule has 0 aliphatic carbocycles. The highest BCUT2D eigenvalue weighted by Crippen LogP contribution is 2.39. The molecule has 0 N–H and O–H groups in total. The average molecular weight is 491 g/mol. The molecule has 28 heavy (non-hydrogen) atoms. The summed E-state index contributed by atoms with van der Waals surface area (Å²) in [4.78, 5) is 15.1. The summed E-state index contributed by atoms with van der Waals surface area (Å²) in [6.45, 7) is 0. The zero-order chi connectivity index (χ0) is 19.8. The fourth-order valence-corrected chi connectivity index (χ4v) is 4.77. The van der Waals surface area contributed by atoms with E-state index in [1.807, 2.05) is 48.5 Å². The Morgan fingerprint density at radius 2 is 1.89 bits per heavy atom. The number of fused-ring (bicyclic) bond motifs is 1. The molecule has 1 amide bonds. The van der Waals surface area contributed by atoms with Gasteiger partial charge in [-0.3, -0.25) is 9.69 Å². The van der Waals surface area contributed by atoms with Crippen molar-refractivity contribution in [1.29, 1.82) is 0 Å². The molecule has 1 fully saturated rings. The molecule has 0 aromatic heterocycles. The molecule has 0 spiro atoms. The molecule has 1 aliphatic rings. The molecule has 1 saturated heterocycles. The molecule has 7 heteroatoms. The minimum absolute atomic E-state index is 0.159. The molecule has 0 unspecified atom stereocenters. The molecule has 3 aromatic carbocycles. The van der Waals surface area contributed by atoms with Crippen LogP contribution in [0.4, 0.5) is 5.69 Å². The van der Waals surface area contributed by atoms with Crippen molar-refractivity contribution in [2.75, 3.05) is 12.0 Å². The van der Waals surface area contributed by atoms with Crippen LogP contribution in [-0.4, -0.2) is 17.3 Å². The zero-order valence-electron chi connectivity index (χ0n) is 14.6. The summed E-state index contributed by atoms with van der Waals surface area (Å²) in [5, 5.41) is 2.53. The average Bonchev–Trinajstić information content (AvgIpc) is 2.97. The normalized spacial score (nSPS) is 15.7. The second-order valence-corrected chi connectivity index (χ2v) is 8.96. The second kappa shape index (κ2) is 7.87. The SMILES string of the molecule is COc1ccc(/C=C2/SC(=S)N(c3ccc(Br)c(Cl)c3)C2=O)c2ccccc12. The first-order valence-electron chi connectivity index (χ1n) is 8.28. The van der Waals surface area contributed by atoms with Gasteiger partial charge in [-0.05, 0) is 57.2 Å². The Kier molecular flexibility index (Phi) is 5.47. The molecule has 0 radical (unpaired) electrons. The minimum Gasteiger partial charge on any atom is -0.496 e. The topological polar surface area (TPSA) is 29.5 Å². The van der Waals surface area contributed by atoms with Gasteiger partial charge in [0.25, 0.3) is 5.91 Å². The number of thiocarbonyl (C=S) groups is 1. The van der Waals surface area contributed by atoms with Crippen molar-refractivity contribution in [2.45, 2.75) is 0 Å². The van der Waals surface area contributed by atoms with Crippen molar-refractivity contribution >= 4 is 84.3 Å². The lowest BCUT2D eigenvalue weighted by molar-refractivity contribution is -0.113. The number of carbonyl (C=O) groups is 1. The maximum Gasteiger partial charge on any atom is 0.270 e. The highest BCUT2D eigenvalue weighted by molar-refractivity contribution is 9.10. The Morgan fingerprint density at radius 1 is 1.14 bits per heavy atom. The van der Waals surface area contributed by atoms with E-state index in [1.165, 1.54) is 16.7 Å². The lowest BCUT2D eigenvalue weighted by Crippen LogP contribution is -2.27. The quantitative estimate of drug-likeness (QED) is 0.303. The fourth-order valence-electron chi connectivity index (χ4n) is 3.05. The Morgan fingerprint density at radius 3 is 2.61 bits per heavy atom. The van der Waals surface area contributed by atoms with Crippen LogP contribution in [0.2, 0.25) is 5.02 Å². The van der Waals surface area contributed by atoms with Crippen LogP contribution < -0.4 is 9.64 Å². The number of benzene rings is 3. The summed E-state index contributed by atoms with van der Waals surface area (Å²) < 4.78 is 6.69. The standard InChI is InChI=1S/C21H13BrClNO2S2/c1-26-18-9-6-12(14-4-2-3-5-15(14)18)10-19-20(25)24(21(27)28-19)13-7-8-16(22)17(23)11-13/h2-11H,1H3/b19-10+. The third-order valence-electron chi connectivity index (χ3n) is 4.38. The summed E-state index contributed by atoms with van der Waals surface area (Å²) in [5.41, 5.74) is 1.59. The molecule has 0 bridgehead atoms. The summed E-state index contributed by atoms with van der Waals surface area (Å²) in [6, 6.07) is 17.1. The van der Waals surface area contributed by atoms with Gasteiger partial charge in [0.2, 0.25) is 0 Å². The monoisotopic (exact) mass is 489 g/mol. The number of nitrogens with zero attached hydrogens (tertiary/aromatic N) is 1. The smallest absolute Gasteiger partial charge is 0.270 e. The number of amides is 1. The summed E-state index contributed by atoms with van der Waals surface area (Å²) in [5.74, 6) is 0.637. The Hall–Kier alpha value is -1.86. The highest BCUT2D eigenvalue weighted by Gasteiger charge is 2.33. The molecule has 0 atom stereocenters. The second-order valence-electron chi connectivity index (χ2n) is 6.02. The number of carbonyl (C=O) groups excluding carboxylic acids is 1. The van der Waals surface area contributed by atoms with Crippen LogP contribution >= 0.6 is 51.5 Å². The number of hydrogen-bond donors (Lipinski definition) is 0. The molecule has 4 rings (SSSR count). The number of methoxy groups -OCH3 is 1. The molecule has 140 valence electrons. The van der Waals surface area contributed by atoms with Gasteiger partial charge >= 0.3 is 0 Å². The van der Waals surface area contributed by atoms with Gasteiger partial charge < -0.3 is 4.74 Å². The van der Waals surface area contributed by atoms with Crippen LogP contribution in [0.15, 0.2) is 64.0 Å². The number of ether oxygens (including phenoxy) is 1.